The molecule has 133 heavy (non-hydrogen) atoms. The van der Waals surface area contributed by atoms with E-state index in [0.717, 1.165) is 105 Å². The Morgan fingerprint density at radius 1 is 0.406 bits per heavy atom. The van der Waals surface area contributed by atoms with Crippen molar-refractivity contribution in [2.75, 3.05) is 85.1 Å². The van der Waals surface area contributed by atoms with E-state index in [1.54, 1.807) is 5.70 Å². The van der Waals surface area contributed by atoms with Crippen LogP contribution in [0.2, 0.25) is 0 Å². The summed E-state index contributed by atoms with van der Waals surface area (Å²) in [6, 6.07) is 3.72. The molecular weight excluding hydrogens is 1700 g/mol. The van der Waals surface area contributed by atoms with Gasteiger partial charge in [0.05, 0.1) is 44.8 Å². The molecule has 9 aliphatic carbocycles. The second-order valence-corrected chi connectivity index (χ2v) is 58.3. The van der Waals surface area contributed by atoms with Crippen molar-refractivity contribution in [3.05, 3.63) is 11.8 Å². The number of carbonyl (C=O) groups is 4. The Kier molecular flexibility index (Phi) is 56.5. The van der Waals surface area contributed by atoms with E-state index in [9.17, 15) is 23.4 Å². The minimum atomic E-state index is -3.33. The van der Waals surface area contributed by atoms with Crippen molar-refractivity contribution < 1.29 is 64.8 Å². The minimum absolute atomic E-state index is 0. The van der Waals surface area contributed by atoms with Gasteiger partial charge in [-0.15, -0.1) is 0 Å². The van der Waals surface area contributed by atoms with Gasteiger partial charge in [0.25, 0.3) is 0 Å². The number of ketones is 4. The molecule has 5 N–H and O–H groups in total. The zero-order valence-corrected chi connectivity index (χ0v) is 95.9. The molecule has 15 aliphatic rings. The molecule has 780 valence electrons. The number of unbranched alkanes of at least 4 members (excludes halogenated alkanes) is 1. The molecule has 0 aromatic carbocycles. The third kappa shape index (κ3) is 52.9. The van der Waals surface area contributed by atoms with Crippen LogP contribution in [0.5, 0.6) is 0 Å². The molecule has 14 unspecified atom stereocenters. The van der Waals surface area contributed by atoms with Crippen LogP contribution >= 0.6 is 0 Å². The van der Waals surface area contributed by atoms with E-state index in [2.05, 4.69) is 224 Å². The van der Waals surface area contributed by atoms with Crippen molar-refractivity contribution in [1.29, 1.82) is 0 Å². The van der Waals surface area contributed by atoms with E-state index in [0.29, 0.717) is 93.7 Å². The van der Waals surface area contributed by atoms with Crippen LogP contribution in [-0.4, -0.2) is 191 Å². The van der Waals surface area contributed by atoms with E-state index >= 15 is 0 Å². The van der Waals surface area contributed by atoms with Crippen LogP contribution in [0.3, 0.4) is 0 Å². The predicted molar refractivity (Wildman–Crippen MR) is 563 cm³/mol. The second kappa shape index (κ2) is 59.5. The van der Waals surface area contributed by atoms with E-state index in [4.69, 9.17) is 9.81 Å². The molecule has 0 radical (unpaired) electrons. The molecule has 0 bridgehead atoms. The average Bonchev–Trinajstić information content (AvgIpc) is 0.755. The fourth-order valence-corrected chi connectivity index (χ4v) is 29.3. The van der Waals surface area contributed by atoms with Crippen molar-refractivity contribution in [3.8, 4) is 0 Å². The summed E-state index contributed by atoms with van der Waals surface area (Å²) in [6.45, 7) is 83.2. The second-order valence-electron chi connectivity index (χ2n) is 54.8. The summed E-state index contributed by atoms with van der Waals surface area (Å²) in [5.41, 5.74) is 5.50. The maximum Gasteiger partial charge on any atom is -0.870 e. The van der Waals surface area contributed by atoms with E-state index in [1.807, 2.05) is 4.90 Å². The molecule has 0 aromatic rings. The first kappa shape index (κ1) is 126. The van der Waals surface area contributed by atoms with Crippen LogP contribution in [-0.2, 0) is 30.8 Å². The van der Waals surface area contributed by atoms with Crippen molar-refractivity contribution >= 4 is 50.3 Å². The van der Waals surface area contributed by atoms with Gasteiger partial charge in [0.2, 0.25) is 0 Å². The fraction of sp³-hybridized carbons (Fsp3) is 0.948. The van der Waals surface area contributed by atoms with Crippen molar-refractivity contribution in [2.45, 2.75) is 513 Å². The SMILES string of the molecule is C1CCNCC1.CC1CC(=O)CC(C)(C)C1.CC1CC(=O)CC(C)(C)C1.CC1CC(=O)CC(C)(C)C1.CC1CC(=O)CC(C)(C)C1.CC1CC(N2CCCCC2)=CC(C)(C)C1.CC1CC(N2CCCCC2)CC(C)(C)C1.CC1CC(N2CCCCC2)CC(C)(C)C1.CC1CC([NH+]2CCCCC2)CC(C)(C)C1.CCCC[N+]1(C2CC(C)CC(C)(C)C2)CCCCC1.O=[S](O)(=[Mg])OO.[Cl-].[OH-]. The Bertz CT molecular complexity index is 3130. The van der Waals surface area contributed by atoms with Crippen LogP contribution in [0.15, 0.2) is 11.8 Å². The molecule has 8 saturated carbocycles. The van der Waals surface area contributed by atoms with E-state index in [-0.39, 0.29) is 39.5 Å². The minimum Gasteiger partial charge on any atom is -1.00 e. The topological polar surface area (TPSA) is 191 Å². The summed E-state index contributed by atoms with van der Waals surface area (Å²) in [5, 5.41) is 10.7. The summed E-state index contributed by atoms with van der Waals surface area (Å²) in [5.74, 6) is 8.84. The fourth-order valence-electron chi connectivity index (χ4n) is 29.3. The van der Waals surface area contributed by atoms with E-state index in [1.165, 1.54) is 334 Å². The molecule has 18 heteroatoms. The number of hydrogen-bond donors (Lipinski definition) is 4. The van der Waals surface area contributed by atoms with Gasteiger partial charge in [-0.05, 0) is 334 Å². The number of hydrogen-bond acceptors (Lipinski definition) is 12. The summed E-state index contributed by atoms with van der Waals surface area (Å²) in [4.78, 5) is 54.5. The molecule has 0 spiro atoms. The Balaban J connectivity index is 0.000000381. The van der Waals surface area contributed by atoms with E-state index < -0.39 is 7.32 Å². The molecule has 0 aromatic heterocycles. The average molecular weight is 1920 g/mol. The van der Waals surface area contributed by atoms with Gasteiger partial charge in [-0.2, -0.15) is 0 Å². The van der Waals surface area contributed by atoms with Gasteiger partial charge in [0, 0.05) is 108 Å². The smallest absolute Gasteiger partial charge is 0.870 e. The number of nitrogens with zero attached hydrogens (tertiary/aromatic N) is 4. The summed E-state index contributed by atoms with van der Waals surface area (Å²) >= 11 is 0.671. The van der Waals surface area contributed by atoms with Gasteiger partial charge in [-0.25, -0.2) is 0 Å². The number of halogens is 1. The number of nitrogens with one attached hydrogen (secondary N) is 2. The van der Waals surface area contributed by atoms with Crippen molar-refractivity contribution in [3.63, 3.8) is 0 Å². The van der Waals surface area contributed by atoms with Gasteiger partial charge < -0.3 is 47.3 Å². The Labute approximate surface area is 841 Å². The van der Waals surface area contributed by atoms with Gasteiger partial charge in [-0.1, -0.05) is 226 Å². The third-order valence-corrected chi connectivity index (χ3v) is 33.0. The number of piperidine rings is 6. The maximum atomic E-state index is 11.1. The van der Waals surface area contributed by atoms with Crippen LogP contribution in [0.1, 0.15) is 489 Å². The molecular formula is C115H221ClMgN6O9S. The standard InChI is InChI=1S/C18H36N.3C14H27N.C14H25N.4C9H16O.C5H11N.ClH.Mg.H2O4S.H2O/c1-5-6-10-19(11-8-7-9-12-19)17-13-16(2)14-18(3,4)15-17;4*1-12-9-13(11-14(2,3)10-12)15-7-5-4-6-8-15;4*1-7-4-8(10)6-9(2,3)5-7;1-2-4-6-5-3-1;;;1-4-5(2)3;/h16-17H,5-15H2,1-4H3;3*12-13H,4-11H2,1-3H3;11-12H,4-10H2,1-3H3;4*7H,4-6H2,1-3H3;6H,1-5H2;1H;;1H,(H,2,3);1H2/q+1;;;;;;;;;;;;;/p-1. The molecule has 6 aliphatic heterocycles. The van der Waals surface area contributed by atoms with Gasteiger partial charge in [0.15, 0.2) is 0 Å². The predicted octanol–water partition coefficient (Wildman–Crippen LogP) is 24.9. The normalized spacial score (nSPS) is 32.9. The molecule has 15 nitrogen and oxygen atoms in total. The molecule has 15 rings (SSSR count). The molecule has 14 atom stereocenters. The number of Topliss-reactive ketones (excluding diaryl/α,β-unsaturated/α-hetero) is 4. The first-order valence-corrected chi connectivity index (χ1v) is 59.0. The van der Waals surface area contributed by atoms with Crippen LogP contribution in [0, 0.1) is 102 Å². The number of likely N-dealkylation sites (tertiary alicyclic amines) is 5. The number of quaternary nitrogens is 2. The van der Waals surface area contributed by atoms with Crippen LogP contribution in [0.25, 0.3) is 0 Å². The number of carbonyl (C=O) groups excluding carboxylic acids is 4. The Hall–Kier alpha value is -0.934. The summed E-state index contributed by atoms with van der Waals surface area (Å²) in [6.07, 6.45) is 62.6. The number of rotatable bonds is 9. The van der Waals surface area contributed by atoms with Gasteiger partial charge in [-0.3, -0.25) is 19.2 Å². The molecule has 6 heterocycles. The zero-order chi connectivity index (χ0) is 98.0. The van der Waals surface area contributed by atoms with Gasteiger partial charge in [0.1, 0.15) is 23.1 Å². The maximum absolute atomic E-state index is 11.1. The first-order valence-electron chi connectivity index (χ1n) is 55.6. The monoisotopic (exact) mass is 1920 g/mol. The Morgan fingerprint density at radius 2 is 0.714 bits per heavy atom. The van der Waals surface area contributed by atoms with Crippen LogP contribution < -0.4 is 22.6 Å². The van der Waals surface area contributed by atoms with Crippen molar-refractivity contribution in [1.82, 2.24) is 20.0 Å². The largest absolute Gasteiger partial charge is 1.00 e. The zero-order valence-electron chi connectivity index (χ0n) is 92.9. The van der Waals surface area contributed by atoms with Crippen LogP contribution in [0.4, 0.5) is 0 Å². The summed E-state index contributed by atoms with van der Waals surface area (Å²) < 4.78 is 22.1. The van der Waals surface area contributed by atoms with Crippen molar-refractivity contribution in [2.24, 2.45) is 102 Å². The molecule has 0 amide bonds. The first-order chi connectivity index (χ1) is 60.8. The molecule has 14 fully saturated rings. The third-order valence-electron chi connectivity index (χ3n) is 32.5. The number of allylic oxidation sites excluding steroid dienone is 2. The quantitative estimate of drug-likeness (QED) is 0.0739. The van der Waals surface area contributed by atoms with Gasteiger partial charge >= 0.3 is 45.5 Å². The summed E-state index contributed by atoms with van der Waals surface area (Å²) in [7, 11) is -3.33. The molecule has 6 saturated heterocycles. The Morgan fingerprint density at radius 3 is 1.02 bits per heavy atom.